The van der Waals surface area contributed by atoms with Gasteiger partial charge in [0.05, 0.1) is 20.8 Å². The molecule has 0 saturated carbocycles. The molecule has 0 unspecified atom stereocenters. The first kappa shape index (κ1) is 19.8. The Morgan fingerprint density at radius 1 is 1.15 bits per heavy atom. The first-order valence-corrected chi connectivity index (χ1v) is 9.12. The van der Waals surface area contributed by atoms with E-state index < -0.39 is 5.97 Å². The maximum absolute atomic E-state index is 12.5. The molecule has 0 aliphatic rings. The van der Waals surface area contributed by atoms with E-state index in [0.717, 1.165) is 5.56 Å². The molecule has 0 aliphatic heterocycles. The summed E-state index contributed by atoms with van der Waals surface area (Å²) in [5.74, 6) is 0.321. The zero-order valence-electron chi connectivity index (χ0n) is 15.5. The molecule has 0 atom stereocenters. The number of nitrogens with one attached hydrogen (secondary N) is 1. The summed E-state index contributed by atoms with van der Waals surface area (Å²) in [4.78, 5) is 24.6. The fourth-order valence-electron chi connectivity index (χ4n) is 2.33. The number of carbonyl (C=O) groups is 2. The average Bonchev–Trinajstić information content (AvgIpc) is 3.04. The van der Waals surface area contributed by atoms with Crippen LogP contribution in [-0.4, -0.2) is 32.7 Å². The Morgan fingerprint density at radius 3 is 2.42 bits per heavy atom. The number of carbonyl (C=O) groups excluding carboxylic acids is 2. The van der Waals surface area contributed by atoms with Crippen molar-refractivity contribution in [3.05, 3.63) is 29.1 Å². The molecule has 2 rings (SSSR count). The van der Waals surface area contributed by atoms with Crippen LogP contribution in [0, 0.1) is 5.92 Å². The van der Waals surface area contributed by atoms with Gasteiger partial charge in [-0.2, -0.15) is 0 Å². The van der Waals surface area contributed by atoms with Crippen LogP contribution in [0.5, 0.6) is 11.5 Å². The van der Waals surface area contributed by atoms with Crippen LogP contribution in [0.1, 0.15) is 31.1 Å². The van der Waals surface area contributed by atoms with Gasteiger partial charge in [0.2, 0.25) is 5.91 Å². The number of hydrogen-bond donors (Lipinski definition) is 1. The molecule has 1 amide bonds. The topological polar surface area (TPSA) is 73.9 Å². The molecule has 0 bridgehead atoms. The quantitative estimate of drug-likeness (QED) is 0.732. The zero-order valence-corrected chi connectivity index (χ0v) is 16.4. The lowest BCUT2D eigenvalue weighted by molar-refractivity contribution is -0.118. The summed E-state index contributed by atoms with van der Waals surface area (Å²) < 4.78 is 15.8. The van der Waals surface area contributed by atoms with Crippen molar-refractivity contribution in [2.75, 3.05) is 26.1 Å². The van der Waals surface area contributed by atoms with Gasteiger partial charge in [-0.05, 0) is 24.6 Å². The molecule has 7 heteroatoms. The van der Waals surface area contributed by atoms with Gasteiger partial charge in [-0.1, -0.05) is 19.9 Å². The third-order valence-electron chi connectivity index (χ3n) is 3.73. The second kappa shape index (κ2) is 8.71. The van der Waals surface area contributed by atoms with Crippen molar-refractivity contribution in [3.8, 4) is 22.6 Å². The molecule has 26 heavy (non-hydrogen) atoms. The van der Waals surface area contributed by atoms with Crippen LogP contribution in [0.3, 0.4) is 0 Å². The Morgan fingerprint density at radius 2 is 1.85 bits per heavy atom. The smallest absolute Gasteiger partial charge is 0.341 e. The van der Waals surface area contributed by atoms with Gasteiger partial charge in [-0.25, -0.2) is 4.79 Å². The van der Waals surface area contributed by atoms with E-state index in [4.69, 9.17) is 14.2 Å². The number of rotatable bonds is 7. The van der Waals surface area contributed by atoms with E-state index in [1.54, 1.807) is 47.1 Å². The number of hydrogen-bond acceptors (Lipinski definition) is 6. The van der Waals surface area contributed by atoms with Crippen molar-refractivity contribution in [3.63, 3.8) is 0 Å². The Balaban J connectivity index is 2.53. The molecule has 1 N–H and O–H groups in total. The summed E-state index contributed by atoms with van der Waals surface area (Å²) in [7, 11) is 3.11. The molecule has 0 saturated heterocycles. The van der Waals surface area contributed by atoms with E-state index in [-0.39, 0.29) is 18.4 Å². The number of methoxy groups -OCH3 is 2. The van der Waals surface area contributed by atoms with Gasteiger partial charge < -0.3 is 19.5 Å². The minimum atomic E-state index is -0.474. The second-order valence-electron chi connectivity index (χ2n) is 5.79. The van der Waals surface area contributed by atoms with E-state index in [2.05, 4.69) is 5.32 Å². The maximum atomic E-state index is 12.5. The van der Waals surface area contributed by atoms with Gasteiger partial charge in [0.25, 0.3) is 0 Å². The highest BCUT2D eigenvalue weighted by Gasteiger charge is 2.24. The summed E-state index contributed by atoms with van der Waals surface area (Å²) in [6, 6.07) is 5.39. The lowest BCUT2D eigenvalue weighted by Gasteiger charge is -2.12. The van der Waals surface area contributed by atoms with Gasteiger partial charge in [-0.15, -0.1) is 11.3 Å². The number of amides is 1. The van der Waals surface area contributed by atoms with Gasteiger partial charge in [0, 0.05) is 16.9 Å². The summed E-state index contributed by atoms with van der Waals surface area (Å²) in [6.07, 6.45) is 0. The number of esters is 1. The van der Waals surface area contributed by atoms with Crippen LogP contribution in [0.4, 0.5) is 5.00 Å². The van der Waals surface area contributed by atoms with Crippen LogP contribution in [0.2, 0.25) is 0 Å². The van der Waals surface area contributed by atoms with Crippen molar-refractivity contribution in [1.82, 2.24) is 0 Å². The first-order valence-electron chi connectivity index (χ1n) is 8.24. The summed E-state index contributed by atoms with van der Waals surface area (Å²) in [5, 5.41) is 5.11. The number of thiophene rings is 1. The Hall–Kier alpha value is -2.54. The number of benzene rings is 1. The average molecular weight is 377 g/mol. The Kier molecular flexibility index (Phi) is 6.63. The molecule has 1 aromatic carbocycles. The van der Waals surface area contributed by atoms with Gasteiger partial charge in [0.1, 0.15) is 10.6 Å². The summed E-state index contributed by atoms with van der Waals surface area (Å²) in [5.41, 5.74) is 1.79. The van der Waals surface area contributed by atoms with Crippen molar-refractivity contribution in [1.29, 1.82) is 0 Å². The summed E-state index contributed by atoms with van der Waals surface area (Å²) in [6.45, 7) is 5.58. The molecule has 0 radical (unpaired) electrons. The van der Waals surface area contributed by atoms with Crippen molar-refractivity contribution in [2.24, 2.45) is 5.92 Å². The van der Waals surface area contributed by atoms with Gasteiger partial charge >= 0.3 is 5.97 Å². The zero-order chi connectivity index (χ0) is 19.3. The lowest BCUT2D eigenvalue weighted by Crippen LogP contribution is -2.19. The molecule has 1 heterocycles. The SMILES string of the molecule is CCOC(=O)c1c(-c2ccc(OC)c(OC)c2)csc1NC(=O)C(C)C. The number of anilines is 1. The standard InChI is InChI=1S/C19H23NO5S/c1-6-25-19(22)16-13(10-26-18(16)20-17(21)11(2)3)12-7-8-14(23-4)15(9-12)24-5/h7-11H,6H2,1-5H3,(H,20,21). The van der Waals surface area contributed by atoms with E-state index >= 15 is 0 Å². The Bertz CT molecular complexity index is 797. The normalized spacial score (nSPS) is 10.5. The monoisotopic (exact) mass is 377 g/mol. The van der Waals surface area contributed by atoms with E-state index in [0.29, 0.717) is 27.6 Å². The highest BCUT2D eigenvalue weighted by Crippen LogP contribution is 2.39. The molecule has 0 spiro atoms. The second-order valence-corrected chi connectivity index (χ2v) is 6.67. The highest BCUT2D eigenvalue weighted by atomic mass is 32.1. The molecule has 6 nitrogen and oxygen atoms in total. The predicted octanol–water partition coefficient (Wildman–Crippen LogP) is 4.20. The highest BCUT2D eigenvalue weighted by molar-refractivity contribution is 7.15. The molecule has 0 aliphatic carbocycles. The van der Waals surface area contributed by atoms with Crippen LogP contribution >= 0.6 is 11.3 Å². The van der Waals surface area contributed by atoms with Crippen LogP contribution in [0.15, 0.2) is 23.6 Å². The maximum Gasteiger partial charge on any atom is 0.341 e. The molecule has 0 fully saturated rings. The predicted molar refractivity (Wildman–Crippen MR) is 102 cm³/mol. The van der Waals surface area contributed by atoms with Crippen LogP contribution in [0.25, 0.3) is 11.1 Å². The third-order valence-corrected chi connectivity index (χ3v) is 4.62. The van der Waals surface area contributed by atoms with E-state index in [9.17, 15) is 9.59 Å². The molecule has 1 aromatic heterocycles. The molecular weight excluding hydrogens is 354 g/mol. The van der Waals surface area contributed by atoms with Gasteiger partial charge in [-0.3, -0.25) is 4.79 Å². The molecule has 2 aromatic rings. The minimum Gasteiger partial charge on any atom is -0.493 e. The van der Waals surface area contributed by atoms with Crippen molar-refractivity contribution < 1.29 is 23.8 Å². The van der Waals surface area contributed by atoms with Crippen LogP contribution in [-0.2, 0) is 9.53 Å². The van der Waals surface area contributed by atoms with Gasteiger partial charge in [0.15, 0.2) is 11.5 Å². The van der Waals surface area contributed by atoms with Crippen LogP contribution < -0.4 is 14.8 Å². The number of ether oxygens (including phenoxy) is 3. The van der Waals surface area contributed by atoms with E-state index in [1.807, 2.05) is 11.4 Å². The van der Waals surface area contributed by atoms with Crippen molar-refractivity contribution in [2.45, 2.75) is 20.8 Å². The minimum absolute atomic E-state index is 0.156. The first-order chi connectivity index (χ1) is 12.4. The summed E-state index contributed by atoms with van der Waals surface area (Å²) >= 11 is 1.29. The Labute approximate surface area is 157 Å². The largest absolute Gasteiger partial charge is 0.493 e. The molecule has 140 valence electrons. The fourth-order valence-corrected chi connectivity index (χ4v) is 3.29. The van der Waals surface area contributed by atoms with Crippen molar-refractivity contribution >= 4 is 28.2 Å². The van der Waals surface area contributed by atoms with E-state index in [1.165, 1.54) is 11.3 Å². The molecular formula is C19H23NO5S. The third kappa shape index (κ3) is 4.16. The lowest BCUT2D eigenvalue weighted by atomic mass is 10.0. The fraction of sp³-hybridized carbons (Fsp3) is 0.368.